The van der Waals surface area contributed by atoms with Crippen molar-refractivity contribution in [2.24, 2.45) is 0 Å². The van der Waals surface area contributed by atoms with Crippen LogP contribution in [0.5, 0.6) is 0 Å². The van der Waals surface area contributed by atoms with Gasteiger partial charge in [0, 0.05) is 12.4 Å². The fourth-order valence-corrected chi connectivity index (χ4v) is 1.41. The Morgan fingerprint density at radius 2 is 2.00 bits per heavy atom. The smallest absolute Gasteiger partial charge is 0.322 e. The summed E-state index contributed by atoms with van der Waals surface area (Å²) < 4.78 is 0. The van der Waals surface area contributed by atoms with Crippen LogP contribution in [-0.4, -0.2) is 28.1 Å². The van der Waals surface area contributed by atoms with E-state index < -0.39 is 24.1 Å². The van der Waals surface area contributed by atoms with Crippen LogP contribution in [0.2, 0.25) is 0 Å². The molecule has 0 aromatic carbocycles. The van der Waals surface area contributed by atoms with Gasteiger partial charge in [-0.2, -0.15) is 0 Å². The molecule has 1 saturated heterocycles. The van der Waals surface area contributed by atoms with Crippen LogP contribution < -0.4 is 10.6 Å². The Kier molecular flexibility index (Phi) is 2.34. The molecule has 78 valence electrons. The van der Waals surface area contributed by atoms with Gasteiger partial charge in [-0.3, -0.25) is 15.1 Å². The predicted octanol–water partition coefficient (Wildman–Crippen LogP) is -0.677. The van der Waals surface area contributed by atoms with Crippen molar-refractivity contribution < 1.29 is 14.7 Å². The molecule has 6 heteroatoms. The number of hydrogen-bond acceptors (Lipinski definition) is 4. The maximum Gasteiger partial charge on any atom is 0.322 e. The highest BCUT2D eigenvalue weighted by Crippen LogP contribution is 2.17. The zero-order valence-corrected chi connectivity index (χ0v) is 7.68. The Bertz CT molecular complexity index is 393. The van der Waals surface area contributed by atoms with E-state index in [1.807, 2.05) is 0 Å². The molecule has 2 heterocycles. The molecule has 1 fully saturated rings. The monoisotopic (exact) mass is 207 g/mol. The number of hydrogen-bond donors (Lipinski definition) is 3. The number of aliphatic hydroxyl groups is 1. The number of urea groups is 1. The largest absolute Gasteiger partial charge is 0.386 e. The molecule has 0 aliphatic carbocycles. The molecule has 0 spiro atoms. The third-order valence-corrected chi connectivity index (χ3v) is 2.17. The molecule has 15 heavy (non-hydrogen) atoms. The summed E-state index contributed by atoms with van der Waals surface area (Å²) >= 11 is 0. The van der Waals surface area contributed by atoms with Gasteiger partial charge in [0.15, 0.2) is 0 Å². The Labute approximate surface area is 85.3 Å². The van der Waals surface area contributed by atoms with Crippen molar-refractivity contribution in [2.45, 2.75) is 12.1 Å². The minimum Gasteiger partial charge on any atom is -0.386 e. The fourth-order valence-electron chi connectivity index (χ4n) is 1.41. The van der Waals surface area contributed by atoms with Crippen LogP contribution >= 0.6 is 0 Å². The summed E-state index contributed by atoms with van der Waals surface area (Å²) in [6.45, 7) is 0. The standard InChI is InChI=1S/C9H9N3O3/c13-7(5-1-3-10-4-2-5)6-8(14)12-9(15)11-6/h1-4,6-7,13H,(H2,11,12,14,15). The molecule has 1 aliphatic heterocycles. The maximum atomic E-state index is 11.2. The van der Waals surface area contributed by atoms with Crippen LogP contribution in [0.15, 0.2) is 24.5 Å². The lowest BCUT2D eigenvalue weighted by atomic mass is 10.0. The van der Waals surface area contributed by atoms with Crippen molar-refractivity contribution in [3.63, 3.8) is 0 Å². The van der Waals surface area contributed by atoms with Crippen molar-refractivity contribution in [1.29, 1.82) is 0 Å². The van der Waals surface area contributed by atoms with E-state index in [0.29, 0.717) is 5.56 Å². The minimum atomic E-state index is -1.06. The average Bonchev–Trinajstić information content (AvgIpc) is 2.58. The van der Waals surface area contributed by atoms with E-state index in [2.05, 4.69) is 15.6 Å². The van der Waals surface area contributed by atoms with Crippen LogP contribution in [0, 0.1) is 0 Å². The van der Waals surface area contributed by atoms with Gasteiger partial charge in [0.2, 0.25) is 0 Å². The molecule has 0 saturated carbocycles. The topological polar surface area (TPSA) is 91.3 Å². The van der Waals surface area contributed by atoms with Gasteiger partial charge in [-0.1, -0.05) is 0 Å². The summed E-state index contributed by atoms with van der Waals surface area (Å²) in [5.41, 5.74) is 0.535. The van der Waals surface area contributed by atoms with E-state index >= 15 is 0 Å². The third kappa shape index (κ3) is 1.79. The van der Waals surface area contributed by atoms with Gasteiger partial charge >= 0.3 is 6.03 Å². The SMILES string of the molecule is O=C1NC(=O)C(C(O)c2ccncc2)N1. The highest BCUT2D eigenvalue weighted by molar-refractivity contribution is 6.04. The fraction of sp³-hybridized carbons (Fsp3) is 0.222. The second kappa shape index (κ2) is 3.66. The van der Waals surface area contributed by atoms with Crippen molar-refractivity contribution in [2.75, 3.05) is 0 Å². The highest BCUT2D eigenvalue weighted by atomic mass is 16.3. The Hall–Kier alpha value is -1.95. The number of carbonyl (C=O) groups excluding carboxylic acids is 2. The van der Waals surface area contributed by atoms with Gasteiger partial charge in [-0.25, -0.2) is 4.79 Å². The van der Waals surface area contributed by atoms with E-state index in [1.165, 1.54) is 12.4 Å². The molecular formula is C9H9N3O3. The van der Waals surface area contributed by atoms with Gasteiger partial charge in [0.1, 0.15) is 12.1 Å². The highest BCUT2D eigenvalue weighted by Gasteiger charge is 2.35. The Morgan fingerprint density at radius 1 is 1.33 bits per heavy atom. The number of nitrogens with zero attached hydrogens (tertiary/aromatic N) is 1. The number of imide groups is 1. The number of rotatable bonds is 2. The van der Waals surface area contributed by atoms with E-state index in [0.717, 1.165) is 0 Å². The van der Waals surface area contributed by atoms with E-state index in [9.17, 15) is 14.7 Å². The van der Waals surface area contributed by atoms with Crippen molar-refractivity contribution in [3.05, 3.63) is 30.1 Å². The second-order valence-corrected chi connectivity index (χ2v) is 3.17. The van der Waals surface area contributed by atoms with Crippen LogP contribution in [0.25, 0.3) is 0 Å². The average molecular weight is 207 g/mol. The van der Waals surface area contributed by atoms with Crippen LogP contribution in [-0.2, 0) is 4.79 Å². The lowest BCUT2D eigenvalue weighted by Gasteiger charge is -2.15. The molecule has 0 bridgehead atoms. The molecule has 2 unspecified atom stereocenters. The molecule has 3 amide bonds. The molecule has 1 aliphatic rings. The molecule has 0 radical (unpaired) electrons. The third-order valence-electron chi connectivity index (χ3n) is 2.17. The number of aromatic nitrogens is 1. The van der Waals surface area contributed by atoms with Crippen LogP contribution in [0.4, 0.5) is 4.79 Å². The van der Waals surface area contributed by atoms with Crippen molar-refractivity contribution in [3.8, 4) is 0 Å². The number of amides is 3. The van der Waals surface area contributed by atoms with Gasteiger partial charge in [0.25, 0.3) is 5.91 Å². The number of pyridine rings is 1. The number of aliphatic hydroxyl groups excluding tert-OH is 1. The lowest BCUT2D eigenvalue weighted by molar-refractivity contribution is -0.122. The van der Waals surface area contributed by atoms with Crippen molar-refractivity contribution >= 4 is 11.9 Å². The normalized spacial score (nSPS) is 22.1. The van der Waals surface area contributed by atoms with E-state index in [-0.39, 0.29) is 0 Å². The Balaban J connectivity index is 2.18. The summed E-state index contributed by atoms with van der Waals surface area (Å²) in [5.74, 6) is -0.524. The van der Waals surface area contributed by atoms with Gasteiger partial charge in [-0.05, 0) is 17.7 Å². The first-order valence-electron chi connectivity index (χ1n) is 4.38. The molecule has 3 N–H and O–H groups in total. The zero-order valence-electron chi connectivity index (χ0n) is 7.68. The zero-order chi connectivity index (χ0) is 10.8. The first kappa shape index (κ1) is 9.60. The predicted molar refractivity (Wildman–Crippen MR) is 49.7 cm³/mol. The summed E-state index contributed by atoms with van der Waals surface area (Å²) in [7, 11) is 0. The van der Waals surface area contributed by atoms with Crippen LogP contribution in [0.3, 0.4) is 0 Å². The summed E-state index contributed by atoms with van der Waals surface area (Å²) in [4.78, 5) is 25.9. The second-order valence-electron chi connectivity index (χ2n) is 3.17. The maximum absolute atomic E-state index is 11.2. The van der Waals surface area contributed by atoms with Gasteiger partial charge < -0.3 is 10.4 Å². The van der Waals surface area contributed by atoms with Crippen molar-refractivity contribution in [1.82, 2.24) is 15.6 Å². The Morgan fingerprint density at radius 3 is 2.53 bits per heavy atom. The number of nitrogens with one attached hydrogen (secondary N) is 2. The van der Waals surface area contributed by atoms with Gasteiger partial charge in [0.05, 0.1) is 0 Å². The lowest BCUT2D eigenvalue weighted by Crippen LogP contribution is -2.35. The first-order chi connectivity index (χ1) is 7.18. The molecule has 6 nitrogen and oxygen atoms in total. The molecule has 2 rings (SSSR count). The quantitative estimate of drug-likeness (QED) is 0.560. The molecule has 1 aromatic rings. The van der Waals surface area contributed by atoms with E-state index in [1.54, 1.807) is 12.1 Å². The first-order valence-corrected chi connectivity index (χ1v) is 4.38. The minimum absolute atomic E-state index is 0.524. The van der Waals surface area contributed by atoms with E-state index in [4.69, 9.17) is 0 Å². The number of carbonyl (C=O) groups is 2. The van der Waals surface area contributed by atoms with Gasteiger partial charge in [-0.15, -0.1) is 0 Å². The summed E-state index contributed by atoms with van der Waals surface area (Å²) in [6.07, 6.45) is 1.96. The molecule has 1 aromatic heterocycles. The molecular weight excluding hydrogens is 198 g/mol. The van der Waals surface area contributed by atoms with Crippen LogP contribution in [0.1, 0.15) is 11.7 Å². The molecule has 2 atom stereocenters. The summed E-state index contributed by atoms with van der Waals surface area (Å²) in [6, 6.07) is 1.66. The summed E-state index contributed by atoms with van der Waals surface area (Å²) in [5, 5.41) is 14.2.